The number of rotatable bonds is 3. The highest BCUT2D eigenvalue weighted by atomic mass is 79.9. The summed E-state index contributed by atoms with van der Waals surface area (Å²) in [4.78, 5) is 4.06. The number of benzene rings is 1. The molecule has 0 atom stereocenters. The zero-order valence-corrected chi connectivity index (χ0v) is 12.8. The molecule has 0 unspecified atom stereocenters. The van der Waals surface area contributed by atoms with E-state index in [-0.39, 0.29) is 0 Å². The summed E-state index contributed by atoms with van der Waals surface area (Å²) in [6.45, 7) is 0. The van der Waals surface area contributed by atoms with Crippen molar-refractivity contribution in [3.63, 3.8) is 0 Å². The van der Waals surface area contributed by atoms with Crippen molar-refractivity contribution in [3.05, 3.63) is 50.5 Å². The summed E-state index contributed by atoms with van der Waals surface area (Å²) < 4.78 is 6.46. The van der Waals surface area contributed by atoms with Crippen molar-refractivity contribution in [1.82, 2.24) is 4.98 Å². The molecule has 0 aliphatic carbocycles. The second-order valence-electron chi connectivity index (χ2n) is 3.42. The molecule has 1 heterocycles. The van der Waals surface area contributed by atoms with Crippen molar-refractivity contribution in [2.24, 2.45) is 0 Å². The van der Waals surface area contributed by atoms with Crippen molar-refractivity contribution in [2.75, 3.05) is 0 Å². The fourth-order valence-corrected chi connectivity index (χ4v) is 2.46. The van der Waals surface area contributed by atoms with E-state index in [9.17, 15) is 0 Å². The van der Waals surface area contributed by atoms with Gasteiger partial charge in [0.1, 0.15) is 5.75 Å². The van der Waals surface area contributed by atoms with E-state index in [0.29, 0.717) is 27.6 Å². The minimum atomic E-state index is 0.297. The third-order valence-corrected chi connectivity index (χ3v) is 3.58. The molecule has 1 aromatic carbocycles. The monoisotopic (exact) mass is 365 g/mol. The van der Waals surface area contributed by atoms with Crippen LogP contribution in [0.5, 0.6) is 11.6 Å². The van der Waals surface area contributed by atoms with Gasteiger partial charge in [-0.1, -0.05) is 39.1 Å². The zero-order chi connectivity index (χ0) is 13.1. The Bertz CT molecular complexity index is 577. The second-order valence-corrected chi connectivity index (χ2v) is 5.42. The molecule has 0 spiro atoms. The predicted octanol–water partition coefficient (Wildman–Crippen LogP) is 5.68. The number of nitrogens with zero attached hydrogens (tertiary/aromatic N) is 1. The minimum Gasteiger partial charge on any atom is -0.437 e. The zero-order valence-electron chi connectivity index (χ0n) is 8.96. The van der Waals surface area contributed by atoms with Crippen LogP contribution in [0.4, 0.5) is 0 Å². The molecule has 0 fully saturated rings. The predicted molar refractivity (Wildman–Crippen MR) is 78.0 cm³/mol. The molecule has 2 rings (SSSR count). The molecule has 2 aromatic rings. The van der Waals surface area contributed by atoms with E-state index in [1.807, 2.05) is 6.07 Å². The van der Waals surface area contributed by atoms with E-state index in [1.165, 1.54) is 6.20 Å². The number of ether oxygens (including phenoxy) is 1. The largest absolute Gasteiger partial charge is 0.437 e. The van der Waals surface area contributed by atoms with Gasteiger partial charge in [-0.3, -0.25) is 0 Å². The maximum absolute atomic E-state index is 6.05. The molecule has 0 amide bonds. The van der Waals surface area contributed by atoms with Crippen LogP contribution in [0.3, 0.4) is 0 Å². The number of halogens is 4. The van der Waals surface area contributed by atoms with E-state index in [0.717, 1.165) is 10.0 Å². The maximum Gasteiger partial charge on any atom is 0.219 e. The van der Waals surface area contributed by atoms with Gasteiger partial charge in [-0.2, -0.15) is 0 Å². The molecular formula is C12H7BrCl3NO. The van der Waals surface area contributed by atoms with Crippen molar-refractivity contribution in [3.8, 4) is 11.6 Å². The minimum absolute atomic E-state index is 0.297. The molecule has 0 saturated carbocycles. The molecule has 0 N–H and O–H groups in total. The van der Waals surface area contributed by atoms with Gasteiger partial charge in [0.15, 0.2) is 0 Å². The topological polar surface area (TPSA) is 22.1 Å². The highest BCUT2D eigenvalue weighted by Gasteiger charge is 2.07. The summed E-state index contributed by atoms with van der Waals surface area (Å²) in [7, 11) is 0. The van der Waals surface area contributed by atoms with Crippen molar-refractivity contribution in [1.29, 1.82) is 0 Å². The first-order chi connectivity index (χ1) is 8.60. The van der Waals surface area contributed by atoms with Crippen LogP contribution in [0.1, 0.15) is 5.56 Å². The summed E-state index contributed by atoms with van der Waals surface area (Å²) >= 11 is 21.0. The Morgan fingerprint density at radius 3 is 2.61 bits per heavy atom. The number of pyridine rings is 1. The van der Waals surface area contributed by atoms with Gasteiger partial charge in [0.2, 0.25) is 5.88 Å². The lowest BCUT2D eigenvalue weighted by atomic mass is 10.3. The summed E-state index contributed by atoms with van der Waals surface area (Å²) in [5.74, 6) is 1.22. The lowest BCUT2D eigenvalue weighted by Gasteiger charge is -2.08. The Morgan fingerprint density at radius 1 is 1.17 bits per heavy atom. The molecule has 0 bridgehead atoms. The van der Waals surface area contributed by atoms with Gasteiger partial charge in [-0.15, -0.1) is 11.6 Å². The molecule has 6 heteroatoms. The molecular weight excluding hydrogens is 360 g/mol. The first kappa shape index (κ1) is 13.9. The van der Waals surface area contributed by atoms with Crippen LogP contribution >= 0.6 is 50.7 Å². The lowest BCUT2D eigenvalue weighted by Crippen LogP contribution is -1.91. The van der Waals surface area contributed by atoms with Crippen LogP contribution in [0.25, 0.3) is 0 Å². The van der Waals surface area contributed by atoms with Gasteiger partial charge < -0.3 is 4.74 Å². The Kier molecular flexibility index (Phi) is 4.73. The number of alkyl halides is 1. The van der Waals surface area contributed by atoms with Gasteiger partial charge in [0.25, 0.3) is 0 Å². The van der Waals surface area contributed by atoms with Crippen molar-refractivity contribution in [2.45, 2.75) is 5.88 Å². The molecule has 0 aliphatic heterocycles. The van der Waals surface area contributed by atoms with E-state index >= 15 is 0 Å². The van der Waals surface area contributed by atoms with Crippen LogP contribution < -0.4 is 4.74 Å². The number of hydrogen-bond acceptors (Lipinski definition) is 2. The van der Waals surface area contributed by atoms with Crippen LogP contribution in [0, 0.1) is 0 Å². The van der Waals surface area contributed by atoms with Crippen molar-refractivity contribution < 1.29 is 4.74 Å². The van der Waals surface area contributed by atoms with E-state index in [4.69, 9.17) is 39.5 Å². The third kappa shape index (κ3) is 3.29. The number of hydrogen-bond donors (Lipinski definition) is 0. The maximum atomic E-state index is 6.05. The highest BCUT2D eigenvalue weighted by molar-refractivity contribution is 9.10. The second kappa shape index (κ2) is 6.11. The van der Waals surface area contributed by atoms with Crippen LogP contribution in [-0.2, 0) is 5.88 Å². The van der Waals surface area contributed by atoms with E-state index < -0.39 is 0 Å². The smallest absolute Gasteiger partial charge is 0.219 e. The Labute approximate surface area is 128 Å². The molecule has 0 radical (unpaired) electrons. The summed E-state index contributed by atoms with van der Waals surface area (Å²) in [6.07, 6.45) is 1.50. The standard InChI is InChI=1S/C12H7BrCl3NO/c13-8-1-2-11(9(15)4-8)18-12-3-7(5-14)10(16)6-17-12/h1-4,6H,5H2. The van der Waals surface area contributed by atoms with Gasteiger partial charge >= 0.3 is 0 Å². The van der Waals surface area contributed by atoms with E-state index in [1.54, 1.807) is 18.2 Å². The van der Waals surface area contributed by atoms with Crippen LogP contribution in [0.2, 0.25) is 10.0 Å². The summed E-state index contributed by atoms with van der Waals surface area (Å²) in [6, 6.07) is 7.02. The fourth-order valence-electron chi connectivity index (χ4n) is 1.29. The molecule has 0 saturated heterocycles. The summed E-state index contributed by atoms with van der Waals surface area (Å²) in [5, 5.41) is 1.01. The van der Waals surface area contributed by atoms with E-state index in [2.05, 4.69) is 20.9 Å². The van der Waals surface area contributed by atoms with Gasteiger partial charge in [0, 0.05) is 22.6 Å². The third-order valence-electron chi connectivity index (χ3n) is 2.16. The number of aromatic nitrogens is 1. The quantitative estimate of drug-likeness (QED) is 0.651. The Hall–Kier alpha value is -0.480. The first-order valence-electron chi connectivity index (χ1n) is 4.93. The molecule has 18 heavy (non-hydrogen) atoms. The molecule has 2 nitrogen and oxygen atoms in total. The lowest BCUT2D eigenvalue weighted by molar-refractivity contribution is 0.462. The molecule has 94 valence electrons. The SMILES string of the molecule is ClCc1cc(Oc2ccc(Br)cc2Cl)ncc1Cl. The van der Waals surface area contributed by atoms with Gasteiger partial charge in [-0.05, 0) is 23.8 Å². The fraction of sp³-hybridized carbons (Fsp3) is 0.0833. The van der Waals surface area contributed by atoms with Crippen LogP contribution in [0.15, 0.2) is 34.9 Å². The average molecular weight is 367 g/mol. The Balaban J connectivity index is 2.28. The average Bonchev–Trinajstić information content (AvgIpc) is 2.35. The molecule has 0 aliphatic rings. The Morgan fingerprint density at radius 2 is 1.94 bits per heavy atom. The highest BCUT2D eigenvalue weighted by Crippen LogP contribution is 2.32. The van der Waals surface area contributed by atoms with Crippen molar-refractivity contribution >= 4 is 50.7 Å². The normalized spacial score (nSPS) is 10.4. The molecule has 1 aromatic heterocycles. The summed E-state index contributed by atoms with van der Waals surface area (Å²) in [5.41, 5.74) is 0.761. The first-order valence-corrected chi connectivity index (χ1v) is 7.02. The van der Waals surface area contributed by atoms with Gasteiger partial charge in [-0.25, -0.2) is 4.98 Å². The van der Waals surface area contributed by atoms with Crippen LogP contribution in [-0.4, -0.2) is 4.98 Å². The van der Waals surface area contributed by atoms with Gasteiger partial charge in [0.05, 0.1) is 10.0 Å².